The van der Waals surface area contributed by atoms with E-state index in [4.69, 9.17) is 0 Å². The number of nitrogens with zero attached hydrogens (tertiary/aromatic N) is 2. The van der Waals surface area contributed by atoms with Crippen LogP contribution in [0.4, 0.5) is 0 Å². The first-order valence-electron chi connectivity index (χ1n) is 8.09. The van der Waals surface area contributed by atoms with Crippen molar-refractivity contribution in [2.24, 2.45) is 16.7 Å². The van der Waals surface area contributed by atoms with E-state index < -0.39 is 0 Å². The number of hydrogen-bond donors (Lipinski definition) is 1. The van der Waals surface area contributed by atoms with Crippen LogP contribution in [0.25, 0.3) is 0 Å². The number of piperidine rings is 1. The molecule has 2 aliphatic heterocycles. The molecule has 0 aromatic rings. The molecule has 3 aliphatic rings. The van der Waals surface area contributed by atoms with E-state index >= 15 is 0 Å². The van der Waals surface area contributed by atoms with E-state index in [1.807, 2.05) is 19.0 Å². The smallest absolute Gasteiger partial charge is 0.230 e. The van der Waals surface area contributed by atoms with Gasteiger partial charge in [0.2, 0.25) is 11.8 Å². The Balaban J connectivity index is 1.96. The molecule has 2 atom stereocenters. The average Bonchev–Trinajstić information content (AvgIpc) is 2.98. The summed E-state index contributed by atoms with van der Waals surface area (Å²) in [5, 5.41) is 3.44. The fourth-order valence-electron chi connectivity index (χ4n) is 5.12. The van der Waals surface area contributed by atoms with Crippen molar-refractivity contribution in [3.63, 3.8) is 0 Å². The zero-order chi connectivity index (χ0) is 15.3. The summed E-state index contributed by atoms with van der Waals surface area (Å²) in [5.41, 5.74) is -0.0619. The van der Waals surface area contributed by atoms with Crippen molar-refractivity contribution in [1.29, 1.82) is 0 Å². The highest BCUT2D eigenvalue weighted by atomic mass is 16.2. The van der Waals surface area contributed by atoms with E-state index in [9.17, 15) is 9.59 Å². The van der Waals surface area contributed by atoms with Crippen LogP contribution in [0.15, 0.2) is 0 Å². The third kappa shape index (κ3) is 2.08. The van der Waals surface area contributed by atoms with Crippen molar-refractivity contribution in [2.75, 3.05) is 40.3 Å². The van der Waals surface area contributed by atoms with E-state index in [2.05, 4.69) is 5.32 Å². The van der Waals surface area contributed by atoms with Crippen LogP contribution in [-0.4, -0.2) is 61.9 Å². The maximum Gasteiger partial charge on any atom is 0.230 e. The van der Waals surface area contributed by atoms with E-state index in [-0.39, 0.29) is 22.6 Å². The zero-order valence-electron chi connectivity index (χ0n) is 13.4. The molecule has 21 heavy (non-hydrogen) atoms. The maximum atomic E-state index is 12.9. The molecule has 5 heteroatoms. The molecular formula is C16H27N3O2. The largest absolute Gasteiger partial charge is 0.348 e. The van der Waals surface area contributed by atoms with Crippen LogP contribution in [0.1, 0.15) is 32.6 Å². The molecule has 0 radical (unpaired) electrons. The lowest BCUT2D eigenvalue weighted by Crippen LogP contribution is -2.48. The second-order valence-electron chi connectivity index (χ2n) is 7.42. The number of carbonyl (C=O) groups is 2. The van der Waals surface area contributed by atoms with Crippen LogP contribution >= 0.6 is 0 Å². The Morgan fingerprint density at radius 1 is 1.14 bits per heavy atom. The molecule has 3 rings (SSSR count). The van der Waals surface area contributed by atoms with Crippen LogP contribution in [0.2, 0.25) is 0 Å². The molecule has 1 spiro atoms. The van der Waals surface area contributed by atoms with Gasteiger partial charge in [0.25, 0.3) is 0 Å². The van der Waals surface area contributed by atoms with Gasteiger partial charge in [-0.25, -0.2) is 0 Å². The molecule has 0 aromatic carbocycles. The summed E-state index contributed by atoms with van der Waals surface area (Å²) in [6, 6.07) is 0. The van der Waals surface area contributed by atoms with Gasteiger partial charge < -0.3 is 15.1 Å². The van der Waals surface area contributed by atoms with Crippen LogP contribution in [0.3, 0.4) is 0 Å². The Morgan fingerprint density at radius 3 is 2.38 bits per heavy atom. The lowest BCUT2D eigenvalue weighted by molar-refractivity contribution is -0.141. The lowest BCUT2D eigenvalue weighted by atomic mass is 9.66. The molecule has 1 N–H and O–H groups in total. The highest BCUT2D eigenvalue weighted by Crippen LogP contribution is 2.61. The van der Waals surface area contributed by atoms with Crippen LogP contribution in [0, 0.1) is 16.7 Å². The monoisotopic (exact) mass is 293 g/mol. The van der Waals surface area contributed by atoms with Crippen LogP contribution in [0.5, 0.6) is 0 Å². The third-order valence-corrected chi connectivity index (χ3v) is 6.23. The van der Waals surface area contributed by atoms with Crippen molar-refractivity contribution in [3.8, 4) is 0 Å². The van der Waals surface area contributed by atoms with Gasteiger partial charge in [0, 0.05) is 34.1 Å². The second-order valence-corrected chi connectivity index (χ2v) is 7.42. The summed E-state index contributed by atoms with van der Waals surface area (Å²) in [7, 11) is 3.69. The summed E-state index contributed by atoms with van der Waals surface area (Å²) in [6.07, 6.45) is 4.38. The third-order valence-electron chi connectivity index (χ3n) is 6.23. The molecule has 1 saturated carbocycles. The first kappa shape index (κ1) is 14.8. The van der Waals surface area contributed by atoms with Gasteiger partial charge in [-0.3, -0.25) is 9.59 Å². The Labute approximate surface area is 127 Å². The quantitative estimate of drug-likeness (QED) is 0.774. The summed E-state index contributed by atoms with van der Waals surface area (Å²) in [5.74, 6) is 0.678. The Bertz CT molecular complexity index is 456. The Morgan fingerprint density at radius 2 is 1.81 bits per heavy atom. The topological polar surface area (TPSA) is 52.7 Å². The Hall–Kier alpha value is -1.10. The van der Waals surface area contributed by atoms with E-state index in [1.54, 1.807) is 11.8 Å². The van der Waals surface area contributed by atoms with Gasteiger partial charge >= 0.3 is 0 Å². The van der Waals surface area contributed by atoms with E-state index in [1.165, 1.54) is 0 Å². The molecule has 0 aromatic heterocycles. The SMILES string of the molecule is CC(=O)N1C[C@@H]2C3(CCNCC3)CC[C@]2(C(=O)N(C)C)C1. The van der Waals surface area contributed by atoms with Crippen molar-refractivity contribution in [3.05, 3.63) is 0 Å². The number of fused-ring (bicyclic) bond motifs is 2. The summed E-state index contributed by atoms with van der Waals surface area (Å²) < 4.78 is 0. The van der Waals surface area contributed by atoms with Gasteiger partial charge in [0.15, 0.2) is 0 Å². The van der Waals surface area contributed by atoms with Gasteiger partial charge in [-0.05, 0) is 50.1 Å². The number of likely N-dealkylation sites (tertiary alicyclic amines) is 1. The molecule has 1 aliphatic carbocycles. The maximum absolute atomic E-state index is 12.9. The lowest BCUT2D eigenvalue weighted by Gasteiger charge is -2.41. The molecule has 0 bridgehead atoms. The molecular weight excluding hydrogens is 266 g/mol. The summed E-state index contributed by atoms with van der Waals surface area (Å²) in [6.45, 7) is 5.11. The standard InChI is InChI=1S/C16H27N3O2/c1-12(20)19-10-13-15(6-8-17-9-7-15)4-5-16(13,11-19)14(21)18(2)3/h13,17H,4-11H2,1-3H3/t13-,16+/m1/s1. The van der Waals surface area contributed by atoms with Crippen molar-refractivity contribution in [1.82, 2.24) is 15.1 Å². The minimum Gasteiger partial charge on any atom is -0.348 e. The van der Waals surface area contributed by atoms with Crippen molar-refractivity contribution < 1.29 is 9.59 Å². The van der Waals surface area contributed by atoms with Gasteiger partial charge in [-0.15, -0.1) is 0 Å². The number of amides is 2. The summed E-state index contributed by atoms with van der Waals surface area (Å²) in [4.78, 5) is 28.4. The molecule has 2 heterocycles. The van der Waals surface area contributed by atoms with Crippen LogP contribution < -0.4 is 5.32 Å². The van der Waals surface area contributed by atoms with E-state index in [0.29, 0.717) is 12.5 Å². The van der Waals surface area contributed by atoms with Crippen LogP contribution in [-0.2, 0) is 9.59 Å². The summed E-state index contributed by atoms with van der Waals surface area (Å²) >= 11 is 0. The fourth-order valence-corrected chi connectivity index (χ4v) is 5.12. The molecule has 3 fully saturated rings. The molecule has 118 valence electrons. The van der Waals surface area contributed by atoms with Crippen molar-refractivity contribution >= 4 is 11.8 Å². The number of hydrogen-bond acceptors (Lipinski definition) is 3. The number of rotatable bonds is 1. The molecule has 2 saturated heterocycles. The van der Waals surface area contributed by atoms with Gasteiger partial charge in [0.1, 0.15) is 0 Å². The van der Waals surface area contributed by atoms with Crippen molar-refractivity contribution in [2.45, 2.75) is 32.6 Å². The number of nitrogens with one attached hydrogen (secondary N) is 1. The van der Waals surface area contributed by atoms with Gasteiger partial charge in [-0.1, -0.05) is 0 Å². The first-order valence-corrected chi connectivity index (χ1v) is 8.09. The predicted molar refractivity (Wildman–Crippen MR) is 80.6 cm³/mol. The second kappa shape index (κ2) is 4.97. The predicted octanol–water partition coefficient (Wildman–Crippen LogP) is 0.703. The molecule has 5 nitrogen and oxygen atoms in total. The fraction of sp³-hybridized carbons (Fsp3) is 0.875. The normalized spacial score (nSPS) is 34.0. The highest BCUT2D eigenvalue weighted by Gasteiger charge is 2.64. The zero-order valence-corrected chi connectivity index (χ0v) is 13.4. The van der Waals surface area contributed by atoms with Gasteiger partial charge in [-0.2, -0.15) is 0 Å². The first-order chi connectivity index (χ1) is 9.91. The number of carbonyl (C=O) groups excluding carboxylic acids is 2. The molecule has 2 amide bonds. The Kier molecular flexibility index (Phi) is 3.51. The minimum atomic E-state index is -0.327. The average molecular weight is 293 g/mol. The van der Waals surface area contributed by atoms with Gasteiger partial charge in [0.05, 0.1) is 5.41 Å². The molecule has 0 unspecified atom stereocenters. The van der Waals surface area contributed by atoms with E-state index in [0.717, 1.165) is 45.3 Å². The highest BCUT2D eigenvalue weighted by molar-refractivity contribution is 5.85. The minimum absolute atomic E-state index is 0.111.